The van der Waals surface area contributed by atoms with E-state index >= 15 is 0 Å². The molecule has 0 bridgehead atoms. The zero-order valence-electron chi connectivity index (χ0n) is 9.49. The van der Waals surface area contributed by atoms with Crippen LogP contribution in [0.4, 0.5) is 0 Å². The molecule has 0 amide bonds. The van der Waals surface area contributed by atoms with Crippen molar-refractivity contribution < 1.29 is 4.74 Å². The first-order valence-corrected chi connectivity index (χ1v) is 5.79. The molecule has 2 heteroatoms. The summed E-state index contributed by atoms with van der Waals surface area (Å²) in [6.45, 7) is 5.99. The van der Waals surface area contributed by atoms with Crippen LogP contribution in [0.5, 0.6) is 0 Å². The molecule has 2 unspecified atom stereocenters. The van der Waals surface area contributed by atoms with Gasteiger partial charge in [-0.3, -0.25) is 0 Å². The van der Waals surface area contributed by atoms with E-state index in [-0.39, 0.29) is 0 Å². The van der Waals surface area contributed by atoms with E-state index in [0.29, 0.717) is 12.1 Å². The van der Waals surface area contributed by atoms with Gasteiger partial charge < -0.3 is 10.1 Å². The van der Waals surface area contributed by atoms with Gasteiger partial charge in [-0.25, -0.2) is 0 Å². The highest BCUT2D eigenvalue weighted by Gasteiger charge is 2.31. The van der Waals surface area contributed by atoms with Gasteiger partial charge in [0.25, 0.3) is 0 Å². The van der Waals surface area contributed by atoms with E-state index in [2.05, 4.69) is 43.4 Å². The normalized spacial score (nSPS) is 24.1. The standard InChI is InChI=1S/C13H19NO/c1-3-14-13-11-8-6-5-7-10(11)9-12(13)15-4-2/h5-8,12-14H,3-4,9H2,1-2H3. The average molecular weight is 205 g/mol. The lowest BCUT2D eigenvalue weighted by atomic mass is 10.1. The molecule has 0 fully saturated rings. The molecule has 0 heterocycles. The van der Waals surface area contributed by atoms with E-state index in [1.165, 1.54) is 11.1 Å². The molecule has 0 saturated carbocycles. The summed E-state index contributed by atoms with van der Waals surface area (Å²) in [5.74, 6) is 0. The van der Waals surface area contributed by atoms with Gasteiger partial charge in [-0.05, 0) is 24.6 Å². The number of fused-ring (bicyclic) bond motifs is 1. The van der Waals surface area contributed by atoms with E-state index in [9.17, 15) is 0 Å². The molecule has 1 aromatic carbocycles. The van der Waals surface area contributed by atoms with Gasteiger partial charge in [0.2, 0.25) is 0 Å². The Hall–Kier alpha value is -0.860. The lowest BCUT2D eigenvalue weighted by molar-refractivity contribution is 0.0438. The number of hydrogen-bond acceptors (Lipinski definition) is 2. The van der Waals surface area contributed by atoms with Gasteiger partial charge in [-0.1, -0.05) is 31.2 Å². The second kappa shape index (κ2) is 4.77. The fraction of sp³-hybridized carbons (Fsp3) is 0.538. The fourth-order valence-electron chi connectivity index (χ4n) is 2.39. The molecular weight excluding hydrogens is 186 g/mol. The van der Waals surface area contributed by atoms with E-state index in [1.54, 1.807) is 0 Å². The highest BCUT2D eigenvalue weighted by Crippen LogP contribution is 2.32. The van der Waals surface area contributed by atoms with Crippen LogP contribution < -0.4 is 5.32 Å². The SMILES string of the molecule is CCNC1c2ccccc2CC1OCC. The highest BCUT2D eigenvalue weighted by atomic mass is 16.5. The number of benzene rings is 1. The van der Waals surface area contributed by atoms with Gasteiger partial charge in [0.1, 0.15) is 0 Å². The van der Waals surface area contributed by atoms with Crippen molar-refractivity contribution in [3.8, 4) is 0 Å². The maximum atomic E-state index is 5.79. The van der Waals surface area contributed by atoms with Gasteiger partial charge in [0, 0.05) is 13.0 Å². The fourth-order valence-corrected chi connectivity index (χ4v) is 2.39. The van der Waals surface area contributed by atoms with Crippen LogP contribution in [0.3, 0.4) is 0 Å². The molecule has 0 saturated heterocycles. The maximum Gasteiger partial charge on any atom is 0.0809 e. The first-order valence-electron chi connectivity index (χ1n) is 5.79. The quantitative estimate of drug-likeness (QED) is 0.814. The summed E-state index contributed by atoms with van der Waals surface area (Å²) in [7, 11) is 0. The Morgan fingerprint density at radius 3 is 2.87 bits per heavy atom. The van der Waals surface area contributed by atoms with Crippen molar-refractivity contribution in [1.82, 2.24) is 5.32 Å². The first kappa shape index (κ1) is 10.7. The summed E-state index contributed by atoms with van der Waals surface area (Å²) in [5, 5.41) is 3.51. The van der Waals surface area contributed by atoms with E-state index in [0.717, 1.165) is 19.6 Å². The number of nitrogens with one attached hydrogen (secondary N) is 1. The van der Waals surface area contributed by atoms with Crippen LogP contribution in [0.2, 0.25) is 0 Å². The van der Waals surface area contributed by atoms with Crippen molar-refractivity contribution in [2.45, 2.75) is 32.4 Å². The summed E-state index contributed by atoms with van der Waals surface area (Å²) >= 11 is 0. The lowest BCUT2D eigenvalue weighted by Crippen LogP contribution is -2.30. The molecule has 0 aliphatic heterocycles. The Morgan fingerprint density at radius 1 is 1.33 bits per heavy atom. The van der Waals surface area contributed by atoms with Crippen molar-refractivity contribution in [2.75, 3.05) is 13.2 Å². The van der Waals surface area contributed by atoms with Crippen LogP contribution in [-0.2, 0) is 11.2 Å². The summed E-state index contributed by atoms with van der Waals surface area (Å²) in [6.07, 6.45) is 1.36. The molecule has 2 rings (SSSR count). The van der Waals surface area contributed by atoms with Crippen molar-refractivity contribution in [1.29, 1.82) is 0 Å². The Kier molecular flexibility index (Phi) is 3.39. The molecule has 2 atom stereocenters. The molecular formula is C13H19NO. The van der Waals surface area contributed by atoms with E-state index < -0.39 is 0 Å². The minimum absolute atomic E-state index is 0.312. The van der Waals surface area contributed by atoms with Crippen LogP contribution in [0, 0.1) is 0 Å². The minimum Gasteiger partial charge on any atom is -0.376 e. The molecule has 82 valence electrons. The molecule has 0 aromatic heterocycles. The molecule has 15 heavy (non-hydrogen) atoms. The molecule has 0 radical (unpaired) electrons. The second-order valence-corrected chi connectivity index (χ2v) is 3.93. The minimum atomic E-state index is 0.312. The molecule has 1 N–H and O–H groups in total. The maximum absolute atomic E-state index is 5.79. The zero-order valence-corrected chi connectivity index (χ0v) is 9.49. The Labute approximate surface area is 91.6 Å². The molecule has 0 spiro atoms. The predicted molar refractivity (Wildman–Crippen MR) is 62.0 cm³/mol. The highest BCUT2D eigenvalue weighted by molar-refractivity contribution is 5.36. The van der Waals surface area contributed by atoms with Gasteiger partial charge in [-0.2, -0.15) is 0 Å². The second-order valence-electron chi connectivity index (χ2n) is 3.93. The van der Waals surface area contributed by atoms with E-state index in [4.69, 9.17) is 4.74 Å². The Morgan fingerprint density at radius 2 is 2.13 bits per heavy atom. The summed E-state index contributed by atoms with van der Waals surface area (Å²) < 4.78 is 5.79. The first-order chi connectivity index (χ1) is 7.36. The molecule has 1 aliphatic carbocycles. The van der Waals surface area contributed by atoms with Crippen molar-refractivity contribution in [2.24, 2.45) is 0 Å². The topological polar surface area (TPSA) is 21.3 Å². The molecule has 2 nitrogen and oxygen atoms in total. The summed E-state index contributed by atoms with van der Waals surface area (Å²) in [4.78, 5) is 0. The number of likely N-dealkylation sites (N-methyl/N-ethyl adjacent to an activating group) is 1. The van der Waals surface area contributed by atoms with Crippen molar-refractivity contribution in [3.63, 3.8) is 0 Å². The average Bonchev–Trinajstić information content (AvgIpc) is 2.59. The van der Waals surface area contributed by atoms with Crippen LogP contribution in [-0.4, -0.2) is 19.3 Å². The molecule has 1 aromatic rings. The van der Waals surface area contributed by atoms with Crippen LogP contribution >= 0.6 is 0 Å². The Bertz CT molecular complexity index is 324. The van der Waals surface area contributed by atoms with Crippen molar-refractivity contribution in [3.05, 3.63) is 35.4 Å². The Balaban J connectivity index is 2.21. The van der Waals surface area contributed by atoms with Gasteiger partial charge >= 0.3 is 0 Å². The summed E-state index contributed by atoms with van der Waals surface area (Å²) in [6, 6.07) is 9.01. The smallest absolute Gasteiger partial charge is 0.0809 e. The third-order valence-electron chi connectivity index (χ3n) is 2.99. The van der Waals surface area contributed by atoms with Crippen LogP contribution in [0.1, 0.15) is 31.0 Å². The number of hydrogen-bond donors (Lipinski definition) is 1. The van der Waals surface area contributed by atoms with E-state index in [1.807, 2.05) is 0 Å². The zero-order chi connectivity index (χ0) is 10.7. The van der Waals surface area contributed by atoms with Gasteiger partial charge in [0.05, 0.1) is 12.1 Å². The van der Waals surface area contributed by atoms with Gasteiger partial charge in [0.15, 0.2) is 0 Å². The monoisotopic (exact) mass is 205 g/mol. The third kappa shape index (κ3) is 2.06. The van der Waals surface area contributed by atoms with Crippen LogP contribution in [0.15, 0.2) is 24.3 Å². The number of rotatable bonds is 4. The number of ether oxygens (including phenoxy) is 1. The predicted octanol–water partition coefficient (Wildman–Crippen LogP) is 2.30. The lowest BCUT2D eigenvalue weighted by Gasteiger charge is -2.21. The largest absolute Gasteiger partial charge is 0.376 e. The van der Waals surface area contributed by atoms with Gasteiger partial charge in [-0.15, -0.1) is 0 Å². The molecule has 1 aliphatic rings. The summed E-state index contributed by atoms with van der Waals surface area (Å²) in [5.41, 5.74) is 2.85. The third-order valence-corrected chi connectivity index (χ3v) is 2.99. The van der Waals surface area contributed by atoms with Crippen LogP contribution in [0.25, 0.3) is 0 Å². The van der Waals surface area contributed by atoms with Crippen molar-refractivity contribution >= 4 is 0 Å².